The Bertz CT molecular complexity index is 1070. The van der Waals surface area contributed by atoms with E-state index in [2.05, 4.69) is 27.9 Å². The van der Waals surface area contributed by atoms with Gasteiger partial charge in [-0.05, 0) is 55.2 Å². The number of aryl methyl sites for hydroxylation is 1. The van der Waals surface area contributed by atoms with Crippen LogP contribution in [0.5, 0.6) is 0 Å². The number of aliphatic imine (C=N–C) groups is 1. The molecule has 0 aliphatic carbocycles. The highest BCUT2D eigenvalue weighted by Gasteiger charge is 2.28. The number of nitrogens with zero attached hydrogens (tertiary/aromatic N) is 4. The highest BCUT2D eigenvalue weighted by atomic mass is 32.2. The lowest BCUT2D eigenvalue weighted by atomic mass is 9.99. The summed E-state index contributed by atoms with van der Waals surface area (Å²) >= 11 is 1.10. The van der Waals surface area contributed by atoms with E-state index in [1.807, 2.05) is 13.0 Å². The van der Waals surface area contributed by atoms with Crippen molar-refractivity contribution in [3.8, 4) is 24.0 Å². The fourth-order valence-electron chi connectivity index (χ4n) is 2.42. The highest BCUT2D eigenvalue weighted by molar-refractivity contribution is 8.15. The Kier molecular flexibility index (Phi) is 6.77. The number of amidine groups is 1. The van der Waals surface area contributed by atoms with Crippen molar-refractivity contribution in [2.24, 2.45) is 10.7 Å². The minimum Gasteiger partial charge on any atom is -0.379 e. The Balaban J connectivity index is 2.32. The molecule has 0 amide bonds. The molecular weight excluding hydrogens is 373 g/mol. The molecule has 0 radical (unpaired) electrons. The van der Waals surface area contributed by atoms with E-state index in [4.69, 9.17) is 11.0 Å². The zero-order valence-electron chi connectivity index (χ0n) is 15.7. The van der Waals surface area contributed by atoms with Crippen LogP contribution in [0.3, 0.4) is 0 Å². The van der Waals surface area contributed by atoms with E-state index in [1.165, 1.54) is 19.3 Å². The maximum atomic E-state index is 14.3. The molecule has 0 unspecified atom stereocenters. The third-order valence-electron chi connectivity index (χ3n) is 3.89. The van der Waals surface area contributed by atoms with Crippen molar-refractivity contribution < 1.29 is 4.39 Å². The quantitative estimate of drug-likeness (QED) is 0.492. The van der Waals surface area contributed by atoms with Crippen LogP contribution in [0.4, 0.5) is 4.39 Å². The van der Waals surface area contributed by atoms with Crippen LogP contribution < -0.4 is 5.73 Å². The van der Waals surface area contributed by atoms with Crippen molar-refractivity contribution in [2.45, 2.75) is 25.0 Å². The molecule has 2 N–H and O–H groups in total. The summed E-state index contributed by atoms with van der Waals surface area (Å²) in [7, 11) is 1.54. The molecule has 2 aromatic rings. The largest absolute Gasteiger partial charge is 0.379 e. The lowest BCUT2D eigenvalue weighted by molar-refractivity contribution is 0.601. The fraction of sp³-hybridized carbons (Fsp3) is 0.238. The average molecular weight is 391 g/mol. The molecule has 0 aliphatic heterocycles. The Morgan fingerprint density at radius 2 is 2.04 bits per heavy atom. The van der Waals surface area contributed by atoms with Crippen molar-refractivity contribution in [1.82, 2.24) is 4.98 Å². The number of halogens is 1. The monoisotopic (exact) mass is 391 g/mol. The van der Waals surface area contributed by atoms with Gasteiger partial charge in [-0.25, -0.2) is 9.37 Å². The van der Waals surface area contributed by atoms with Crippen molar-refractivity contribution in [1.29, 1.82) is 10.5 Å². The van der Waals surface area contributed by atoms with Gasteiger partial charge in [-0.3, -0.25) is 4.99 Å². The van der Waals surface area contributed by atoms with Gasteiger partial charge in [0.25, 0.3) is 0 Å². The molecule has 1 atom stereocenters. The van der Waals surface area contributed by atoms with Gasteiger partial charge < -0.3 is 5.73 Å². The Morgan fingerprint density at radius 1 is 1.29 bits per heavy atom. The van der Waals surface area contributed by atoms with Gasteiger partial charge in [0.05, 0.1) is 11.6 Å². The minimum absolute atomic E-state index is 0.153. The first kappa shape index (κ1) is 21.0. The molecule has 1 aromatic heterocycles. The Morgan fingerprint density at radius 3 is 2.64 bits per heavy atom. The number of nitriles is 2. The maximum Gasteiger partial charge on any atom is 0.155 e. The summed E-state index contributed by atoms with van der Waals surface area (Å²) in [5, 5.41) is 18.7. The number of nitrogens with two attached hydrogens (primary N) is 1. The maximum absolute atomic E-state index is 14.3. The number of hydrogen-bond acceptors (Lipinski definition) is 5. The minimum atomic E-state index is -0.957. The summed E-state index contributed by atoms with van der Waals surface area (Å²) in [4.78, 5) is 8.02. The van der Waals surface area contributed by atoms with Gasteiger partial charge >= 0.3 is 0 Å². The summed E-state index contributed by atoms with van der Waals surface area (Å²) in [6.07, 6.45) is 1.61. The van der Waals surface area contributed by atoms with Crippen molar-refractivity contribution in [2.75, 3.05) is 7.05 Å². The van der Waals surface area contributed by atoms with Crippen LogP contribution in [-0.2, 0) is 6.42 Å². The molecule has 0 spiro atoms. The lowest BCUT2D eigenvalue weighted by Gasteiger charge is -2.20. The normalized spacial score (nSPS) is 12.9. The van der Waals surface area contributed by atoms with Crippen LogP contribution in [0.2, 0.25) is 0 Å². The molecule has 1 heterocycles. The van der Waals surface area contributed by atoms with E-state index >= 15 is 0 Å². The summed E-state index contributed by atoms with van der Waals surface area (Å²) in [5.41, 5.74) is 8.50. The van der Waals surface area contributed by atoms with E-state index in [1.54, 1.807) is 25.1 Å². The molecule has 0 saturated heterocycles. The van der Waals surface area contributed by atoms with Gasteiger partial charge in [-0.2, -0.15) is 10.5 Å². The highest BCUT2D eigenvalue weighted by Crippen LogP contribution is 2.29. The van der Waals surface area contributed by atoms with Crippen molar-refractivity contribution >= 4 is 16.9 Å². The van der Waals surface area contributed by atoms with Gasteiger partial charge in [0.1, 0.15) is 22.3 Å². The number of benzene rings is 1. The first-order chi connectivity index (χ1) is 13.3. The van der Waals surface area contributed by atoms with E-state index in [0.717, 1.165) is 17.3 Å². The SMILES string of the molecule is CN=C(N)S[C@@](C)(C#N)Cc1cc(C#Cc2ncc(C#N)cc2C)ccc1F. The predicted molar refractivity (Wildman–Crippen MR) is 109 cm³/mol. The topological polar surface area (TPSA) is 98.8 Å². The summed E-state index contributed by atoms with van der Waals surface area (Å²) in [5.74, 6) is 5.50. The predicted octanol–water partition coefficient (Wildman–Crippen LogP) is 3.30. The average Bonchev–Trinajstić information content (AvgIpc) is 2.69. The van der Waals surface area contributed by atoms with Crippen molar-refractivity contribution in [3.05, 3.63) is 64.2 Å². The number of rotatable bonds is 3. The number of pyridine rings is 1. The molecule has 1 aromatic carbocycles. The second-order valence-electron chi connectivity index (χ2n) is 6.24. The van der Waals surface area contributed by atoms with Gasteiger partial charge in [-0.15, -0.1) is 0 Å². The van der Waals surface area contributed by atoms with Crippen LogP contribution in [0.25, 0.3) is 0 Å². The van der Waals surface area contributed by atoms with E-state index in [-0.39, 0.29) is 11.6 Å². The molecule has 7 heteroatoms. The molecular formula is C21H18FN5S. The molecule has 0 bridgehead atoms. The third kappa shape index (κ3) is 5.33. The summed E-state index contributed by atoms with van der Waals surface area (Å²) < 4.78 is 13.3. The van der Waals surface area contributed by atoms with Crippen LogP contribution >= 0.6 is 11.8 Å². The molecule has 2 rings (SSSR count). The second-order valence-corrected chi connectivity index (χ2v) is 7.76. The molecule has 0 aliphatic rings. The first-order valence-corrected chi connectivity index (χ1v) is 9.11. The number of aromatic nitrogens is 1. The van der Waals surface area contributed by atoms with Crippen molar-refractivity contribution in [3.63, 3.8) is 0 Å². The van der Waals surface area contributed by atoms with Crippen LogP contribution in [0.1, 0.15) is 34.9 Å². The van der Waals surface area contributed by atoms with E-state index < -0.39 is 10.6 Å². The van der Waals surface area contributed by atoms with Crippen LogP contribution in [-0.4, -0.2) is 21.9 Å². The third-order valence-corrected chi connectivity index (χ3v) is 4.97. The van der Waals surface area contributed by atoms with E-state index in [9.17, 15) is 9.65 Å². The zero-order valence-corrected chi connectivity index (χ0v) is 16.6. The van der Waals surface area contributed by atoms with Crippen LogP contribution in [0, 0.1) is 47.2 Å². The molecule has 5 nitrogen and oxygen atoms in total. The standard InChI is InChI=1S/C21H18FN5S/c1-14-8-16(11-23)12-27-19(14)7-5-15-4-6-18(22)17(9-15)10-21(2,13-24)28-20(25)26-3/h4,6,8-9,12H,10H2,1-3H3,(H2,25,26)/t21-/m1/s1. The summed E-state index contributed by atoms with van der Waals surface area (Å²) in [6.45, 7) is 3.51. The van der Waals surface area contributed by atoms with Gasteiger partial charge in [0.15, 0.2) is 5.17 Å². The number of thioether (sulfide) groups is 1. The first-order valence-electron chi connectivity index (χ1n) is 8.30. The summed E-state index contributed by atoms with van der Waals surface area (Å²) in [6, 6.07) is 10.4. The fourth-order valence-corrected chi connectivity index (χ4v) is 3.25. The molecule has 0 fully saturated rings. The Labute approximate surface area is 168 Å². The van der Waals surface area contributed by atoms with Gasteiger partial charge in [-0.1, -0.05) is 17.7 Å². The van der Waals surface area contributed by atoms with Gasteiger partial charge in [0.2, 0.25) is 0 Å². The molecule has 0 saturated carbocycles. The smallest absolute Gasteiger partial charge is 0.155 e. The van der Waals surface area contributed by atoms with Crippen LogP contribution in [0.15, 0.2) is 35.5 Å². The molecule has 28 heavy (non-hydrogen) atoms. The van der Waals surface area contributed by atoms with Gasteiger partial charge in [0, 0.05) is 25.2 Å². The lowest BCUT2D eigenvalue weighted by Crippen LogP contribution is -2.26. The Hall–Kier alpha value is -3.34. The second kappa shape index (κ2) is 9.04. The molecule has 140 valence electrons. The number of hydrogen-bond donors (Lipinski definition) is 1. The van der Waals surface area contributed by atoms with E-state index in [0.29, 0.717) is 22.4 Å². The zero-order chi connectivity index (χ0) is 20.7.